The summed E-state index contributed by atoms with van der Waals surface area (Å²) in [4.78, 5) is 28.2. The van der Waals surface area contributed by atoms with Gasteiger partial charge in [-0.25, -0.2) is 18.2 Å². The van der Waals surface area contributed by atoms with Gasteiger partial charge in [0, 0.05) is 13.2 Å². The monoisotopic (exact) mass is 493 g/mol. The first-order valence-electron chi connectivity index (χ1n) is 9.10. The number of sulfonamides is 1. The Balaban J connectivity index is 1.72. The number of hydrogen-bond acceptors (Lipinski definition) is 6. The van der Waals surface area contributed by atoms with Crippen LogP contribution in [0, 0.1) is 0 Å². The highest BCUT2D eigenvalue weighted by Gasteiger charge is 2.24. The number of aromatic nitrogens is 1. The molecule has 3 rings (SSSR count). The molecule has 0 bridgehead atoms. The second-order valence-corrected chi connectivity index (χ2v) is 9.25. The Morgan fingerprint density at radius 1 is 1.06 bits per heavy atom. The van der Waals surface area contributed by atoms with Crippen molar-refractivity contribution >= 4 is 56.6 Å². The highest BCUT2D eigenvalue weighted by molar-refractivity contribution is 7.92. The Morgan fingerprint density at radius 3 is 2.44 bits per heavy atom. The minimum atomic E-state index is -3.97. The quantitative estimate of drug-likeness (QED) is 0.498. The third-order valence-corrected chi connectivity index (χ3v) is 6.60. The van der Waals surface area contributed by atoms with Crippen LogP contribution in [0.5, 0.6) is 0 Å². The molecule has 8 nitrogen and oxygen atoms in total. The summed E-state index contributed by atoms with van der Waals surface area (Å²) >= 11 is 11.8. The number of ether oxygens (including phenoxy) is 1. The number of benzene rings is 2. The van der Waals surface area contributed by atoms with Crippen molar-refractivity contribution in [2.75, 3.05) is 23.3 Å². The largest absolute Gasteiger partial charge is 0.452 e. The van der Waals surface area contributed by atoms with Gasteiger partial charge in [-0.2, -0.15) is 0 Å². The van der Waals surface area contributed by atoms with Gasteiger partial charge in [0.25, 0.3) is 15.9 Å². The molecular formula is C21H17Cl2N3O5S. The van der Waals surface area contributed by atoms with Crippen LogP contribution in [0.25, 0.3) is 0 Å². The fraction of sp³-hybridized carbons (Fsp3) is 0.0952. The van der Waals surface area contributed by atoms with E-state index in [1.807, 2.05) is 0 Å². The van der Waals surface area contributed by atoms with Crippen molar-refractivity contribution in [3.63, 3.8) is 0 Å². The van der Waals surface area contributed by atoms with Crippen molar-refractivity contribution in [1.82, 2.24) is 4.98 Å². The van der Waals surface area contributed by atoms with E-state index in [0.29, 0.717) is 10.7 Å². The summed E-state index contributed by atoms with van der Waals surface area (Å²) < 4.78 is 32.0. The Labute approximate surface area is 194 Å². The van der Waals surface area contributed by atoms with Crippen LogP contribution in [0.15, 0.2) is 71.8 Å². The number of carbonyl (C=O) groups is 2. The summed E-state index contributed by atoms with van der Waals surface area (Å²) in [6.07, 6.45) is 1.35. The van der Waals surface area contributed by atoms with E-state index in [4.69, 9.17) is 27.9 Å². The van der Waals surface area contributed by atoms with Gasteiger partial charge in [-0.15, -0.1) is 0 Å². The molecule has 1 N–H and O–H groups in total. The topological polar surface area (TPSA) is 106 Å². The molecular weight excluding hydrogens is 477 g/mol. The average Bonchev–Trinajstić information content (AvgIpc) is 2.79. The highest BCUT2D eigenvalue weighted by atomic mass is 35.5. The molecule has 11 heteroatoms. The second-order valence-electron chi connectivity index (χ2n) is 6.44. The predicted molar refractivity (Wildman–Crippen MR) is 122 cm³/mol. The lowest BCUT2D eigenvalue weighted by atomic mass is 10.2. The molecule has 1 heterocycles. The lowest BCUT2D eigenvalue weighted by Gasteiger charge is -2.20. The molecule has 1 amide bonds. The lowest BCUT2D eigenvalue weighted by molar-refractivity contribution is -0.119. The first-order chi connectivity index (χ1) is 15.2. The summed E-state index contributed by atoms with van der Waals surface area (Å²) in [5.74, 6) is -1.36. The average molecular weight is 494 g/mol. The molecule has 0 fully saturated rings. The van der Waals surface area contributed by atoms with Gasteiger partial charge in [-0.1, -0.05) is 41.4 Å². The van der Waals surface area contributed by atoms with Gasteiger partial charge in [0.2, 0.25) is 0 Å². The van der Waals surface area contributed by atoms with E-state index < -0.39 is 28.5 Å². The highest BCUT2D eigenvalue weighted by Crippen LogP contribution is 2.26. The third-order valence-electron chi connectivity index (χ3n) is 4.27. The van der Waals surface area contributed by atoms with Gasteiger partial charge < -0.3 is 10.1 Å². The van der Waals surface area contributed by atoms with E-state index in [1.165, 1.54) is 37.5 Å². The molecule has 1 aromatic heterocycles. The standard InChI is InChI=1S/C21H17Cl2N3O5S/c1-26(15-5-3-2-4-6-15)32(29,30)16-8-9-18(23)17(11-16)21(28)31-13-20(27)25-19-10-7-14(22)12-24-19/h2-12H,13H2,1H3,(H,24,25,27). The molecule has 0 atom stereocenters. The van der Waals surface area contributed by atoms with Crippen molar-refractivity contribution in [1.29, 1.82) is 0 Å². The van der Waals surface area contributed by atoms with E-state index in [9.17, 15) is 18.0 Å². The van der Waals surface area contributed by atoms with Gasteiger partial charge in [0.15, 0.2) is 6.61 Å². The number of amides is 1. The van der Waals surface area contributed by atoms with Gasteiger partial charge in [-0.3, -0.25) is 9.10 Å². The molecule has 0 saturated carbocycles. The minimum Gasteiger partial charge on any atom is -0.452 e. The Kier molecular flexibility index (Phi) is 7.34. The Bertz CT molecular complexity index is 1240. The van der Waals surface area contributed by atoms with Crippen LogP contribution in [-0.4, -0.2) is 38.9 Å². The molecule has 166 valence electrons. The number of halogens is 2. The van der Waals surface area contributed by atoms with Crippen molar-refractivity contribution in [2.24, 2.45) is 0 Å². The summed E-state index contributed by atoms with van der Waals surface area (Å²) in [5.41, 5.74) is 0.255. The Hall–Kier alpha value is -3.14. The maximum Gasteiger partial charge on any atom is 0.340 e. The normalized spacial score (nSPS) is 11.0. The number of para-hydroxylation sites is 1. The number of carbonyl (C=O) groups excluding carboxylic acids is 2. The van der Waals surface area contributed by atoms with Crippen LogP contribution >= 0.6 is 23.2 Å². The summed E-state index contributed by atoms with van der Waals surface area (Å²) in [6, 6.07) is 15.1. The van der Waals surface area contributed by atoms with Crippen LogP contribution in [0.4, 0.5) is 11.5 Å². The van der Waals surface area contributed by atoms with Gasteiger partial charge in [0.1, 0.15) is 5.82 Å². The molecule has 0 aliphatic heterocycles. The van der Waals surface area contributed by atoms with Gasteiger partial charge in [0.05, 0.1) is 26.2 Å². The number of hydrogen-bond donors (Lipinski definition) is 1. The molecule has 0 radical (unpaired) electrons. The summed E-state index contributed by atoms with van der Waals surface area (Å²) in [5, 5.41) is 2.82. The molecule has 0 spiro atoms. The molecule has 0 unspecified atom stereocenters. The Morgan fingerprint density at radius 2 is 1.78 bits per heavy atom. The lowest BCUT2D eigenvalue weighted by Crippen LogP contribution is -2.27. The van der Waals surface area contributed by atoms with Crippen molar-refractivity contribution in [3.05, 3.63) is 82.5 Å². The molecule has 2 aromatic carbocycles. The molecule has 3 aromatic rings. The molecule has 0 aliphatic rings. The van der Waals surface area contributed by atoms with Crippen molar-refractivity contribution in [3.8, 4) is 0 Å². The fourth-order valence-corrected chi connectivity index (χ4v) is 4.12. The zero-order chi connectivity index (χ0) is 23.3. The van der Waals surface area contributed by atoms with E-state index in [0.717, 1.165) is 10.4 Å². The molecule has 0 saturated heterocycles. The minimum absolute atomic E-state index is 0.0175. The fourth-order valence-electron chi connectivity index (χ4n) is 2.59. The van der Waals surface area contributed by atoms with Gasteiger partial charge in [-0.05, 0) is 42.5 Å². The summed E-state index contributed by atoms with van der Waals surface area (Å²) in [6.45, 7) is -0.625. The van der Waals surface area contributed by atoms with Gasteiger partial charge >= 0.3 is 5.97 Å². The molecule has 0 aliphatic carbocycles. The number of nitrogens with one attached hydrogen (secondary N) is 1. The number of pyridine rings is 1. The van der Waals surface area contributed by atoms with Crippen LogP contribution in [0.3, 0.4) is 0 Å². The summed E-state index contributed by atoms with van der Waals surface area (Å²) in [7, 11) is -2.58. The van der Waals surface area contributed by atoms with Crippen LogP contribution < -0.4 is 9.62 Å². The van der Waals surface area contributed by atoms with Crippen molar-refractivity contribution < 1.29 is 22.7 Å². The van der Waals surface area contributed by atoms with Crippen molar-refractivity contribution in [2.45, 2.75) is 4.90 Å². The smallest absolute Gasteiger partial charge is 0.340 e. The van der Waals surface area contributed by atoms with E-state index >= 15 is 0 Å². The number of anilines is 2. The number of esters is 1. The second kappa shape index (κ2) is 9.99. The van der Waals surface area contributed by atoms with Crippen LogP contribution in [0.1, 0.15) is 10.4 Å². The van der Waals surface area contributed by atoms with E-state index in [-0.39, 0.29) is 21.3 Å². The maximum atomic E-state index is 13.0. The van der Waals surface area contributed by atoms with E-state index in [1.54, 1.807) is 30.3 Å². The first kappa shape index (κ1) is 23.5. The SMILES string of the molecule is CN(c1ccccc1)S(=O)(=O)c1ccc(Cl)c(C(=O)OCC(=O)Nc2ccc(Cl)cn2)c1. The van der Waals surface area contributed by atoms with E-state index in [2.05, 4.69) is 10.3 Å². The molecule has 32 heavy (non-hydrogen) atoms. The predicted octanol–water partition coefficient (Wildman–Crippen LogP) is 4.01. The number of nitrogens with zero attached hydrogens (tertiary/aromatic N) is 2. The maximum absolute atomic E-state index is 13.0. The zero-order valence-corrected chi connectivity index (χ0v) is 19.0. The van der Waals surface area contributed by atoms with Crippen LogP contribution in [0.2, 0.25) is 10.0 Å². The van der Waals surface area contributed by atoms with Crippen LogP contribution in [-0.2, 0) is 19.6 Å². The zero-order valence-electron chi connectivity index (χ0n) is 16.7. The third kappa shape index (κ3) is 5.56. The number of rotatable bonds is 7. The first-order valence-corrected chi connectivity index (χ1v) is 11.3.